The molecular weight excluding hydrogens is 413 g/mol. The second kappa shape index (κ2) is 8.32. The first-order valence-corrected chi connectivity index (χ1v) is 9.64. The standard InChI is InChI=1S/C20H19F3N6O2/c1-13-9-16(18(25-10-13)29-26-6-7-27-29)19(30)28-8-2-3-15(12-28)31-17-5-4-14(11-24-17)20(21,22)23/h4-7,9-11,15H,2-3,8,12H2,1H3. The number of pyridine rings is 2. The molecule has 1 aliphatic rings. The minimum Gasteiger partial charge on any atom is -0.472 e. The minimum absolute atomic E-state index is 0.0888. The fourth-order valence-electron chi connectivity index (χ4n) is 3.38. The smallest absolute Gasteiger partial charge is 0.417 e. The lowest BCUT2D eigenvalue weighted by Crippen LogP contribution is -2.44. The Hall–Kier alpha value is -3.50. The van der Waals surface area contributed by atoms with Gasteiger partial charge in [-0.2, -0.15) is 23.4 Å². The van der Waals surface area contributed by atoms with Gasteiger partial charge >= 0.3 is 6.18 Å². The van der Waals surface area contributed by atoms with Crippen molar-refractivity contribution in [3.63, 3.8) is 0 Å². The minimum atomic E-state index is -4.46. The molecule has 1 atom stereocenters. The number of rotatable bonds is 4. The molecular formula is C20H19F3N6O2. The molecule has 0 radical (unpaired) electrons. The molecule has 3 aromatic rings. The Labute approximate surface area is 175 Å². The third-order valence-electron chi connectivity index (χ3n) is 4.86. The number of piperidine rings is 1. The highest BCUT2D eigenvalue weighted by Crippen LogP contribution is 2.29. The Balaban J connectivity index is 1.49. The maximum Gasteiger partial charge on any atom is 0.417 e. The van der Waals surface area contributed by atoms with Gasteiger partial charge in [-0.1, -0.05) is 0 Å². The molecule has 4 rings (SSSR count). The zero-order valence-corrected chi connectivity index (χ0v) is 16.6. The highest BCUT2D eigenvalue weighted by molar-refractivity contribution is 5.97. The number of aryl methyl sites for hydroxylation is 1. The average Bonchev–Trinajstić information content (AvgIpc) is 3.28. The number of halogens is 3. The number of nitrogens with zero attached hydrogens (tertiary/aromatic N) is 6. The van der Waals surface area contributed by atoms with E-state index in [1.54, 1.807) is 17.2 Å². The maximum atomic E-state index is 13.2. The summed E-state index contributed by atoms with van der Waals surface area (Å²) in [4.78, 5) is 24.2. The number of hydrogen-bond acceptors (Lipinski definition) is 6. The van der Waals surface area contributed by atoms with Crippen molar-refractivity contribution < 1.29 is 22.7 Å². The Kier molecular flexibility index (Phi) is 5.57. The van der Waals surface area contributed by atoms with E-state index in [-0.39, 0.29) is 24.4 Å². The molecule has 8 nitrogen and oxygen atoms in total. The molecule has 1 fully saturated rings. The van der Waals surface area contributed by atoms with Crippen LogP contribution in [-0.2, 0) is 6.18 Å². The normalized spacial score (nSPS) is 16.9. The third kappa shape index (κ3) is 4.65. The molecule has 1 saturated heterocycles. The van der Waals surface area contributed by atoms with Gasteiger partial charge in [-0.25, -0.2) is 9.97 Å². The number of likely N-dealkylation sites (tertiary alicyclic amines) is 1. The van der Waals surface area contributed by atoms with Crippen molar-refractivity contribution in [2.45, 2.75) is 32.0 Å². The van der Waals surface area contributed by atoms with E-state index in [9.17, 15) is 18.0 Å². The zero-order chi connectivity index (χ0) is 22.0. The van der Waals surface area contributed by atoms with Crippen LogP contribution in [0.15, 0.2) is 43.0 Å². The molecule has 1 unspecified atom stereocenters. The van der Waals surface area contributed by atoms with Crippen LogP contribution in [0.2, 0.25) is 0 Å². The summed E-state index contributed by atoms with van der Waals surface area (Å²) in [6.07, 6.45) is 1.87. The summed E-state index contributed by atoms with van der Waals surface area (Å²) in [5, 5.41) is 8.12. The van der Waals surface area contributed by atoms with E-state index in [1.165, 1.54) is 23.3 Å². The number of hydrogen-bond donors (Lipinski definition) is 0. The first-order chi connectivity index (χ1) is 14.8. The van der Waals surface area contributed by atoms with E-state index >= 15 is 0 Å². The quantitative estimate of drug-likeness (QED) is 0.630. The van der Waals surface area contributed by atoms with Gasteiger partial charge < -0.3 is 9.64 Å². The second-order valence-corrected chi connectivity index (χ2v) is 7.22. The lowest BCUT2D eigenvalue weighted by molar-refractivity contribution is -0.137. The van der Waals surface area contributed by atoms with Gasteiger partial charge in [-0.3, -0.25) is 4.79 Å². The summed E-state index contributed by atoms with van der Waals surface area (Å²) in [7, 11) is 0. The SMILES string of the molecule is Cc1cnc(-n2nccn2)c(C(=O)N2CCCC(Oc3ccc(C(F)(F)F)cn3)C2)c1. The van der Waals surface area contributed by atoms with Gasteiger partial charge in [0.15, 0.2) is 5.82 Å². The summed E-state index contributed by atoms with van der Waals surface area (Å²) >= 11 is 0. The van der Waals surface area contributed by atoms with Crippen LogP contribution in [0.3, 0.4) is 0 Å². The van der Waals surface area contributed by atoms with Crippen molar-refractivity contribution in [1.82, 2.24) is 29.9 Å². The summed E-state index contributed by atoms with van der Waals surface area (Å²) in [5.41, 5.74) is 0.342. The summed E-state index contributed by atoms with van der Waals surface area (Å²) < 4.78 is 43.9. The monoisotopic (exact) mass is 432 g/mol. The molecule has 4 heterocycles. The molecule has 3 aromatic heterocycles. The van der Waals surface area contributed by atoms with Crippen LogP contribution < -0.4 is 4.74 Å². The third-order valence-corrected chi connectivity index (χ3v) is 4.86. The molecule has 0 aromatic carbocycles. The fourth-order valence-corrected chi connectivity index (χ4v) is 3.38. The molecule has 0 spiro atoms. The van der Waals surface area contributed by atoms with Crippen molar-refractivity contribution in [3.8, 4) is 11.7 Å². The highest BCUT2D eigenvalue weighted by Gasteiger charge is 2.31. The van der Waals surface area contributed by atoms with Crippen LogP contribution in [0.5, 0.6) is 5.88 Å². The van der Waals surface area contributed by atoms with Crippen molar-refractivity contribution in [3.05, 3.63) is 59.7 Å². The Morgan fingerprint density at radius 2 is 1.94 bits per heavy atom. The van der Waals surface area contributed by atoms with Gasteiger partial charge in [0.05, 0.1) is 30.1 Å². The summed E-state index contributed by atoms with van der Waals surface area (Å²) in [6, 6.07) is 3.85. The van der Waals surface area contributed by atoms with Gasteiger partial charge in [0, 0.05) is 25.0 Å². The van der Waals surface area contributed by atoms with E-state index in [0.717, 1.165) is 17.8 Å². The first-order valence-electron chi connectivity index (χ1n) is 9.64. The lowest BCUT2D eigenvalue weighted by Gasteiger charge is -2.33. The molecule has 162 valence electrons. The lowest BCUT2D eigenvalue weighted by atomic mass is 10.1. The Morgan fingerprint density at radius 1 is 1.16 bits per heavy atom. The van der Waals surface area contributed by atoms with Gasteiger partial charge in [0.2, 0.25) is 5.88 Å². The van der Waals surface area contributed by atoms with E-state index < -0.39 is 11.7 Å². The molecule has 1 amide bonds. The van der Waals surface area contributed by atoms with Gasteiger partial charge in [0.25, 0.3) is 5.91 Å². The molecule has 0 saturated carbocycles. The Bertz CT molecular complexity index is 1050. The number of amides is 1. The molecule has 0 bridgehead atoms. The molecule has 0 aliphatic carbocycles. The van der Waals surface area contributed by atoms with Crippen molar-refractivity contribution in [1.29, 1.82) is 0 Å². The predicted octanol–water partition coefficient (Wildman–Crippen LogP) is 3.07. The van der Waals surface area contributed by atoms with Crippen LogP contribution in [0.25, 0.3) is 5.82 Å². The zero-order valence-electron chi connectivity index (χ0n) is 16.6. The average molecular weight is 432 g/mol. The largest absolute Gasteiger partial charge is 0.472 e. The number of aromatic nitrogens is 5. The maximum absolute atomic E-state index is 13.2. The van der Waals surface area contributed by atoms with Crippen LogP contribution in [0.1, 0.15) is 34.3 Å². The van der Waals surface area contributed by atoms with Crippen LogP contribution >= 0.6 is 0 Å². The van der Waals surface area contributed by atoms with Crippen LogP contribution in [-0.4, -0.2) is 55.0 Å². The number of alkyl halides is 3. The summed E-state index contributed by atoms with van der Waals surface area (Å²) in [5.74, 6) is 0.177. The van der Waals surface area contributed by atoms with Gasteiger partial charge in [-0.05, 0) is 37.5 Å². The Morgan fingerprint density at radius 3 is 2.61 bits per heavy atom. The molecule has 0 N–H and O–H groups in total. The van der Waals surface area contributed by atoms with Crippen molar-refractivity contribution in [2.24, 2.45) is 0 Å². The van der Waals surface area contributed by atoms with E-state index in [4.69, 9.17) is 4.74 Å². The van der Waals surface area contributed by atoms with Gasteiger partial charge in [-0.15, -0.1) is 4.80 Å². The van der Waals surface area contributed by atoms with Crippen LogP contribution in [0.4, 0.5) is 13.2 Å². The number of carbonyl (C=O) groups excluding carboxylic acids is 1. The van der Waals surface area contributed by atoms with Crippen molar-refractivity contribution in [2.75, 3.05) is 13.1 Å². The first kappa shape index (κ1) is 20.8. The highest BCUT2D eigenvalue weighted by atomic mass is 19.4. The van der Waals surface area contributed by atoms with Crippen molar-refractivity contribution >= 4 is 5.91 Å². The van der Waals surface area contributed by atoms with Crippen LogP contribution in [0, 0.1) is 6.92 Å². The number of carbonyl (C=O) groups is 1. The molecule has 1 aliphatic heterocycles. The van der Waals surface area contributed by atoms with E-state index in [1.807, 2.05) is 6.92 Å². The van der Waals surface area contributed by atoms with E-state index in [0.29, 0.717) is 30.8 Å². The predicted molar refractivity (Wildman–Crippen MR) is 103 cm³/mol. The number of ether oxygens (including phenoxy) is 1. The topological polar surface area (TPSA) is 86.0 Å². The fraction of sp³-hybridized carbons (Fsp3) is 0.350. The molecule has 11 heteroatoms. The van der Waals surface area contributed by atoms with Gasteiger partial charge in [0.1, 0.15) is 6.10 Å². The second-order valence-electron chi connectivity index (χ2n) is 7.22. The van der Waals surface area contributed by atoms with E-state index in [2.05, 4.69) is 20.2 Å². The molecule has 31 heavy (non-hydrogen) atoms. The summed E-state index contributed by atoms with van der Waals surface area (Å²) in [6.45, 7) is 2.64.